The van der Waals surface area contributed by atoms with Crippen LogP contribution in [0.25, 0.3) is 0 Å². The van der Waals surface area contributed by atoms with Crippen molar-refractivity contribution in [1.82, 2.24) is 14.3 Å². The Hall–Kier alpha value is -1.90. The van der Waals surface area contributed by atoms with Crippen LogP contribution >= 0.6 is 11.6 Å². The molecule has 0 bridgehead atoms. The van der Waals surface area contributed by atoms with Crippen LogP contribution in [0.3, 0.4) is 0 Å². The van der Waals surface area contributed by atoms with Crippen LogP contribution in [0.1, 0.15) is 18.7 Å². The third kappa shape index (κ3) is 3.94. The summed E-state index contributed by atoms with van der Waals surface area (Å²) in [6.45, 7) is 5.98. The van der Waals surface area contributed by atoms with E-state index in [1.54, 1.807) is 18.2 Å². The van der Waals surface area contributed by atoms with Crippen LogP contribution in [0.2, 0.25) is 5.02 Å². The molecule has 9 heteroatoms. The van der Waals surface area contributed by atoms with Crippen LogP contribution in [-0.2, 0) is 10.0 Å². The maximum atomic E-state index is 12.9. The van der Waals surface area contributed by atoms with Gasteiger partial charge in [0.05, 0.1) is 4.90 Å². The van der Waals surface area contributed by atoms with E-state index in [0.29, 0.717) is 31.2 Å². The molecule has 2 aromatic rings. The van der Waals surface area contributed by atoms with Gasteiger partial charge >= 0.3 is 0 Å². The largest absolute Gasteiger partial charge is 0.356 e. The van der Waals surface area contributed by atoms with Gasteiger partial charge in [0.1, 0.15) is 17.5 Å². The topological polar surface area (TPSA) is 69.6 Å². The van der Waals surface area contributed by atoms with Gasteiger partial charge in [-0.05, 0) is 38.0 Å². The van der Waals surface area contributed by atoms with Gasteiger partial charge < -0.3 is 9.80 Å². The van der Waals surface area contributed by atoms with Crippen LogP contribution in [0.5, 0.6) is 0 Å². The molecule has 0 N–H and O–H groups in total. The molecule has 0 radical (unpaired) electrons. The zero-order valence-corrected chi connectivity index (χ0v) is 17.5. The molecule has 2 saturated heterocycles. The van der Waals surface area contributed by atoms with Gasteiger partial charge in [-0.2, -0.15) is 4.31 Å². The van der Waals surface area contributed by atoms with Gasteiger partial charge in [0, 0.05) is 50.4 Å². The van der Waals surface area contributed by atoms with Crippen LogP contribution in [-0.4, -0.2) is 62.0 Å². The standard InChI is InChI=1S/C19H24ClN5O2S/c1-15-21-18(23-7-2-3-8-23)14-19(22-15)24-9-11-25(12-10-24)28(26,27)17-6-4-5-16(20)13-17/h4-6,13-14H,2-3,7-12H2,1H3. The number of aromatic nitrogens is 2. The minimum Gasteiger partial charge on any atom is -0.356 e. The number of piperazine rings is 1. The number of nitrogens with zero attached hydrogens (tertiary/aromatic N) is 5. The van der Waals surface area contributed by atoms with Crippen molar-refractivity contribution in [2.45, 2.75) is 24.7 Å². The molecule has 0 atom stereocenters. The Kier molecular flexibility index (Phi) is 5.44. The van der Waals surface area contributed by atoms with Gasteiger partial charge in [-0.25, -0.2) is 18.4 Å². The SMILES string of the molecule is Cc1nc(N2CCCC2)cc(N2CCN(S(=O)(=O)c3cccc(Cl)c3)CC2)n1. The fraction of sp³-hybridized carbons (Fsp3) is 0.474. The van der Waals surface area contributed by atoms with E-state index in [-0.39, 0.29) is 4.90 Å². The van der Waals surface area contributed by atoms with E-state index < -0.39 is 10.0 Å². The number of halogens is 1. The second kappa shape index (κ2) is 7.85. The Morgan fingerprint density at radius 1 is 0.893 bits per heavy atom. The van der Waals surface area contributed by atoms with Crippen LogP contribution in [0.15, 0.2) is 35.2 Å². The number of aryl methyl sites for hydroxylation is 1. The molecule has 0 aliphatic carbocycles. The number of hydrogen-bond acceptors (Lipinski definition) is 6. The number of benzene rings is 1. The van der Waals surface area contributed by atoms with Gasteiger partial charge in [0.15, 0.2) is 0 Å². The molecule has 0 unspecified atom stereocenters. The molecule has 2 fully saturated rings. The Balaban J connectivity index is 1.48. The zero-order valence-electron chi connectivity index (χ0n) is 15.9. The van der Waals surface area contributed by atoms with Gasteiger partial charge in [0.2, 0.25) is 10.0 Å². The van der Waals surface area contributed by atoms with E-state index in [1.807, 2.05) is 13.0 Å². The van der Waals surface area contributed by atoms with Crippen LogP contribution in [0, 0.1) is 6.92 Å². The maximum Gasteiger partial charge on any atom is 0.243 e. The van der Waals surface area contributed by atoms with E-state index in [4.69, 9.17) is 11.6 Å². The quantitative estimate of drug-likeness (QED) is 0.755. The lowest BCUT2D eigenvalue weighted by atomic mass is 10.3. The van der Waals surface area contributed by atoms with Crippen molar-refractivity contribution in [2.75, 3.05) is 49.1 Å². The monoisotopic (exact) mass is 421 g/mol. The van der Waals surface area contributed by atoms with E-state index in [0.717, 1.165) is 30.5 Å². The molecular weight excluding hydrogens is 398 g/mol. The molecule has 0 saturated carbocycles. The summed E-state index contributed by atoms with van der Waals surface area (Å²) in [5.41, 5.74) is 0. The van der Waals surface area contributed by atoms with Gasteiger partial charge in [-0.1, -0.05) is 17.7 Å². The maximum absolute atomic E-state index is 12.9. The Labute approximate surface area is 171 Å². The first kappa shape index (κ1) is 19.4. The van der Waals surface area contributed by atoms with E-state index >= 15 is 0 Å². The molecule has 150 valence electrons. The number of hydrogen-bond donors (Lipinski definition) is 0. The Morgan fingerprint density at radius 3 is 2.11 bits per heavy atom. The Morgan fingerprint density at radius 2 is 1.50 bits per heavy atom. The van der Waals surface area contributed by atoms with Crippen molar-refractivity contribution in [3.63, 3.8) is 0 Å². The predicted molar refractivity (Wildman–Crippen MR) is 111 cm³/mol. The first-order valence-corrected chi connectivity index (χ1v) is 11.4. The van der Waals surface area contributed by atoms with Gasteiger partial charge in [-0.3, -0.25) is 0 Å². The third-order valence-electron chi connectivity index (χ3n) is 5.24. The minimum atomic E-state index is -3.54. The lowest BCUT2D eigenvalue weighted by molar-refractivity contribution is 0.383. The fourth-order valence-corrected chi connectivity index (χ4v) is 5.46. The van der Waals surface area contributed by atoms with E-state index in [9.17, 15) is 8.42 Å². The van der Waals surface area contributed by atoms with Gasteiger partial charge in [-0.15, -0.1) is 0 Å². The summed E-state index contributed by atoms with van der Waals surface area (Å²) in [5.74, 6) is 2.58. The van der Waals surface area contributed by atoms with Crippen molar-refractivity contribution >= 4 is 33.3 Å². The van der Waals surface area contributed by atoms with Gasteiger partial charge in [0.25, 0.3) is 0 Å². The summed E-state index contributed by atoms with van der Waals surface area (Å²) >= 11 is 5.97. The minimum absolute atomic E-state index is 0.239. The zero-order chi connectivity index (χ0) is 19.7. The van der Waals surface area contributed by atoms with Crippen molar-refractivity contribution in [2.24, 2.45) is 0 Å². The fourth-order valence-electron chi connectivity index (χ4n) is 3.74. The Bertz CT molecular complexity index is 955. The molecule has 2 aliphatic heterocycles. The van der Waals surface area contributed by atoms with Crippen LogP contribution in [0.4, 0.5) is 11.6 Å². The number of sulfonamides is 1. The predicted octanol–water partition coefficient (Wildman–Crippen LogP) is 2.55. The molecule has 0 amide bonds. The number of anilines is 2. The van der Waals surface area contributed by atoms with Crippen molar-refractivity contribution < 1.29 is 8.42 Å². The highest BCUT2D eigenvalue weighted by Gasteiger charge is 2.29. The second-order valence-electron chi connectivity index (χ2n) is 7.17. The third-order valence-corrected chi connectivity index (χ3v) is 7.37. The van der Waals surface area contributed by atoms with E-state index in [1.165, 1.54) is 23.2 Å². The lowest BCUT2D eigenvalue weighted by Crippen LogP contribution is -2.49. The average molecular weight is 422 g/mol. The average Bonchev–Trinajstić information content (AvgIpc) is 3.22. The highest BCUT2D eigenvalue weighted by molar-refractivity contribution is 7.89. The first-order chi connectivity index (χ1) is 13.4. The van der Waals surface area contributed by atoms with Crippen molar-refractivity contribution in [3.8, 4) is 0 Å². The van der Waals surface area contributed by atoms with Crippen molar-refractivity contribution in [3.05, 3.63) is 41.2 Å². The lowest BCUT2D eigenvalue weighted by Gasteiger charge is -2.35. The molecular formula is C19H24ClN5O2S. The van der Waals surface area contributed by atoms with Crippen LogP contribution < -0.4 is 9.80 Å². The summed E-state index contributed by atoms with van der Waals surface area (Å²) in [7, 11) is -3.54. The molecule has 0 spiro atoms. The molecule has 3 heterocycles. The highest BCUT2D eigenvalue weighted by atomic mass is 35.5. The highest BCUT2D eigenvalue weighted by Crippen LogP contribution is 2.25. The smallest absolute Gasteiger partial charge is 0.243 e. The second-order valence-corrected chi connectivity index (χ2v) is 9.55. The van der Waals surface area contributed by atoms with Crippen molar-refractivity contribution in [1.29, 1.82) is 0 Å². The summed E-state index contributed by atoms with van der Waals surface area (Å²) in [5, 5.41) is 0.422. The first-order valence-electron chi connectivity index (χ1n) is 9.55. The molecule has 28 heavy (non-hydrogen) atoms. The molecule has 2 aliphatic rings. The summed E-state index contributed by atoms with van der Waals surface area (Å²) in [6.07, 6.45) is 2.39. The summed E-state index contributed by atoms with van der Waals surface area (Å²) in [4.78, 5) is 13.8. The summed E-state index contributed by atoms with van der Waals surface area (Å²) in [6, 6.07) is 8.45. The molecule has 4 rings (SSSR count). The number of rotatable bonds is 4. The molecule has 1 aromatic heterocycles. The molecule has 1 aromatic carbocycles. The molecule has 7 nitrogen and oxygen atoms in total. The summed E-state index contributed by atoms with van der Waals surface area (Å²) < 4.78 is 27.3. The van der Waals surface area contributed by atoms with E-state index in [2.05, 4.69) is 19.8 Å². The normalized spacial score (nSPS) is 18.6.